The predicted molar refractivity (Wildman–Crippen MR) is 178 cm³/mol. The molecule has 4 rings (SSSR count). The van der Waals surface area contributed by atoms with Gasteiger partial charge < -0.3 is 9.80 Å². The summed E-state index contributed by atoms with van der Waals surface area (Å²) in [5.74, 6) is -0.753. The minimum absolute atomic E-state index is 0.00481. The first kappa shape index (κ1) is 33.4. The lowest BCUT2D eigenvalue weighted by atomic mass is 9.79. The summed E-state index contributed by atoms with van der Waals surface area (Å²) in [5, 5.41) is 0. The Labute approximate surface area is 269 Å². The number of thiocarbonyl (C=S) groups is 2. The van der Waals surface area contributed by atoms with Crippen molar-refractivity contribution < 1.29 is 19.2 Å². The van der Waals surface area contributed by atoms with Gasteiger partial charge in [-0.25, -0.2) is 0 Å². The molecular formula is C30H44N4O4S4. The van der Waals surface area contributed by atoms with E-state index in [0.29, 0.717) is 8.64 Å². The van der Waals surface area contributed by atoms with E-state index in [1.807, 2.05) is 9.80 Å². The summed E-state index contributed by atoms with van der Waals surface area (Å²) in [6, 6.07) is 0. The first-order chi connectivity index (χ1) is 19.3. The molecule has 4 fully saturated rings. The zero-order chi connectivity index (χ0) is 31.4. The van der Waals surface area contributed by atoms with E-state index in [0.717, 1.165) is 62.0 Å². The largest absolute Gasteiger partial charge is 0.332 e. The average Bonchev–Trinajstić information content (AvgIpc) is 3.27. The molecule has 0 saturated carbocycles. The van der Waals surface area contributed by atoms with Crippen LogP contribution in [0, 0.1) is 0 Å². The number of hydrogen-bond acceptors (Lipinski definition) is 8. The number of likely N-dealkylation sites (tertiary alicyclic amines) is 2. The zero-order valence-corrected chi connectivity index (χ0v) is 29.4. The third-order valence-corrected chi connectivity index (χ3v) is 12.1. The molecule has 4 aliphatic rings. The summed E-state index contributed by atoms with van der Waals surface area (Å²) < 4.78 is 0.657. The van der Waals surface area contributed by atoms with Crippen molar-refractivity contribution in [1.29, 1.82) is 0 Å². The van der Waals surface area contributed by atoms with Gasteiger partial charge in [-0.15, -0.1) is 0 Å². The Bertz CT molecular complexity index is 1130. The Morgan fingerprint density at radius 1 is 0.619 bits per heavy atom. The second-order valence-corrected chi connectivity index (χ2v) is 17.5. The van der Waals surface area contributed by atoms with Gasteiger partial charge in [-0.2, -0.15) is 0 Å². The minimum Gasteiger partial charge on any atom is -0.332 e. The lowest BCUT2D eigenvalue weighted by molar-refractivity contribution is -0.150. The number of carbonyl (C=O) groups is 4. The van der Waals surface area contributed by atoms with Crippen LogP contribution in [-0.2, 0) is 19.2 Å². The van der Waals surface area contributed by atoms with Gasteiger partial charge in [0.1, 0.15) is 8.64 Å². The molecule has 4 amide bonds. The Hall–Kier alpha value is -1.50. The van der Waals surface area contributed by atoms with Gasteiger partial charge in [0, 0.05) is 48.1 Å². The summed E-state index contributed by atoms with van der Waals surface area (Å²) in [5.41, 5.74) is -1.04. The molecule has 0 radical (unpaired) electrons. The molecule has 0 aromatic rings. The number of carbonyl (C=O) groups excluding carboxylic acids is 4. The molecule has 0 aliphatic carbocycles. The van der Waals surface area contributed by atoms with Crippen molar-refractivity contribution in [2.75, 3.05) is 13.1 Å². The Morgan fingerprint density at radius 2 is 0.905 bits per heavy atom. The van der Waals surface area contributed by atoms with Gasteiger partial charge in [0.15, 0.2) is 0 Å². The number of hydrogen-bond donors (Lipinski definition) is 0. The molecule has 0 aromatic heterocycles. The van der Waals surface area contributed by atoms with Crippen LogP contribution in [0.25, 0.3) is 0 Å². The Balaban J connectivity index is 1.42. The van der Waals surface area contributed by atoms with Crippen molar-refractivity contribution >= 4 is 80.2 Å². The quantitative estimate of drug-likeness (QED) is 0.262. The standard InChI is InChI=1S/C30H44N4O4S4/c1-27(2)13-9-14-28(3,4)33(27)19(35)11-17-31-23(37)21(41-25(31)39)22-24(38)32(26(40)42-22)18-12-20(36)34-29(5,6)15-10-16-30(34,7)8/h9-18H2,1-8H3/b22-21+. The second kappa shape index (κ2) is 11.8. The molecule has 42 heavy (non-hydrogen) atoms. The molecule has 0 unspecified atom stereocenters. The van der Waals surface area contributed by atoms with Crippen LogP contribution in [0.2, 0.25) is 0 Å². The van der Waals surface area contributed by atoms with Crippen molar-refractivity contribution in [1.82, 2.24) is 19.6 Å². The number of thioether (sulfide) groups is 2. The number of nitrogens with zero attached hydrogens (tertiary/aromatic N) is 4. The third kappa shape index (κ3) is 6.33. The van der Waals surface area contributed by atoms with E-state index < -0.39 is 0 Å². The van der Waals surface area contributed by atoms with Gasteiger partial charge in [-0.3, -0.25) is 29.0 Å². The zero-order valence-electron chi connectivity index (χ0n) is 26.1. The smallest absolute Gasteiger partial charge is 0.267 e. The van der Waals surface area contributed by atoms with Crippen LogP contribution in [0.4, 0.5) is 0 Å². The summed E-state index contributed by atoms with van der Waals surface area (Å²) in [7, 11) is 0. The molecule has 0 N–H and O–H groups in total. The highest BCUT2D eigenvalue weighted by molar-refractivity contribution is 8.29. The first-order valence-electron chi connectivity index (χ1n) is 14.8. The van der Waals surface area contributed by atoms with Gasteiger partial charge in [-0.05, 0) is 93.9 Å². The number of piperidine rings is 2. The Kier molecular flexibility index (Phi) is 9.37. The van der Waals surface area contributed by atoms with E-state index in [9.17, 15) is 19.2 Å². The lowest BCUT2D eigenvalue weighted by Gasteiger charge is -2.53. The highest BCUT2D eigenvalue weighted by atomic mass is 32.2. The monoisotopic (exact) mass is 652 g/mol. The molecule has 4 heterocycles. The molecule has 4 aliphatic heterocycles. The molecule has 8 nitrogen and oxygen atoms in total. The fourth-order valence-electron chi connectivity index (χ4n) is 7.44. The highest BCUT2D eigenvalue weighted by Gasteiger charge is 2.47. The highest BCUT2D eigenvalue weighted by Crippen LogP contribution is 2.44. The van der Waals surface area contributed by atoms with Gasteiger partial charge in [-0.1, -0.05) is 48.0 Å². The summed E-state index contributed by atoms with van der Waals surface area (Å²) in [6.07, 6.45) is 6.18. The average molecular weight is 653 g/mol. The molecule has 0 aromatic carbocycles. The van der Waals surface area contributed by atoms with Gasteiger partial charge in [0.05, 0.1) is 9.81 Å². The normalized spacial score (nSPS) is 26.9. The van der Waals surface area contributed by atoms with E-state index in [2.05, 4.69) is 55.4 Å². The first-order valence-corrected chi connectivity index (χ1v) is 17.2. The van der Waals surface area contributed by atoms with E-state index in [1.54, 1.807) is 0 Å². The fourth-order valence-corrected chi connectivity index (χ4v) is 10.2. The molecule has 12 heteroatoms. The van der Waals surface area contributed by atoms with Crippen LogP contribution in [0.5, 0.6) is 0 Å². The number of amides is 4. The van der Waals surface area contributed by atoms with Gasteiger partial charge >= 0.3 is 0 Å². The maximum atomic E-state index is 13.5. The van der Waals surface area contributed by atoms with E-state index in [1.165, 1.54) is 9.80 Å². The molecule has 0 atom stereocenters. The predicted octanol–water partition coefficient (Wildman–Crippen LogP) is 5.84. The van der Waals surface area contributed by atoms with Crippen molar-refractivity contribution in [2.45, 2.75) is 129 Å². The van der Waals surface area contributed by atoms with Crippen molar-refractivity contribution in [3.8, 4) is 0 Å². The van der Waals surface area contributed by atoms with Gasteiger partial charge in [0.25, 0.3) is 11.8 Å². The van der Waals surface area contributed by atoms with Crippen LogP contribution >= 0.6 is 48.0 Å². The third-order valence-electron chi connectivity index (χ3n) is 9.08. The summed E-state index contributed by atoms with van der Waals surface area (Å²) >= 11 is 13.2. The maximum Gasteiger partial charge on any atom is 0.267 e. The van der Waals surface area contributed by atoms with Crippen LogP contribution < -0.4 is 0 Å². The molecule has 0 bridgehead atoms. The minimum atomic E-state index is -0.372. The van der Waals surface area contributed by atoms with Crippen molar-refractivity contribution in [2.24, 2.45) is 0 Å². The SMILES string of the molecule is CC1(C)CCCC(C)(C)N1C(=O)CCN1C(=O)/C(=C2\SC(=S)N(CCC(=O)N3C(C)(C)CCCC3(C)C)C2=O)SC1=S. The van der Waals surface area contributed by atoms with E-state index in [4.69, 9.17) is 24.4 Å². The van der Waals surface area contributed by atoms with Crippen molar-refractivity contribution in [3.05, 3.63) is 9.81 Å². The lowest BCUT2D eigenvalue weighted by Crippen LogP contribution is -2.61. The second-order valence-electron chi connectivity index (χ2n) is 14.2. The molecule has 4 saturated heterocycles. The van der Waals surface area contributed by atoms with Gasteiger partial charge in [0.2, 0.25) is 11.8 Å². The van der Waals surface area contributed by atoms with Crippen LogP contribution in [-0.4, -0.2) is 87.1 Å². The molecule has 0 spiro atoms. The number of rotatable bonds is 6. The summed E-state index contributed by atoms with van der Waals surface area (Å²) in [6.45, 7) is 17.1. The van der Waals surface area contributed by atoms with Crippen LogP contribution in [0.1, 0.15) is 107 Å². The Morgan fingerprint density at radius 3 is 1.19 bits per heavy atom. The topological polar surface area (TPSA) is 81.2 Å². The molecular weight excluding hydrogens is 609 g/mol. The van der Waals surface area contributed by atoms with E-state index >= 15 is 0 Å². The molecule has 232 valence electrons. The summed E-state index contributed by atoms with van der Waals surface area (Å²) in [4.78, 5) is 61.0. The fraction of sp³-hybridized carbons (Fsp3) is 0.733. The van der Waals surface area contributed by atoms with Crippen molar-refractivity contribution in [3.63, 3.8) is 0 Å². The van der Waals surface area contributed by atoms with E-state index in [-0.39, 0.29) is 81.5 Å². The maximum absolute atomic E-state index is 13.5. The van der Waals surface area contributed by atoms with Crippen LogP contribution in [0.15, 0.2) is 9.81 Å². The van der Waals surface area contributed by atoms with Crippen LogP contribution in [0.3, 0.4) is 0 Å².